The van der Waals surface area contributed by atoms with Crippen LogP contribution < -0.4 is 10.5 Å². The van der Waals surface area contributed by atoms with E-state index in [2.05, 4.69) is 5.32 Å². The minimum Gasteiger partial charge on any atom is -0.324 e. The second kappa shape index (κ2) is 7.17. The number of nitrogens with zero attached hydrogens (tertiary/aromatic N) is 1. The van der Waals surface area contributed by atoms with Gasteiger partial charge in [-0.25, -0.2) is 13.6 Å². The monoisotopic (exact) mass is 401 g/mol. The molecule has 146 valence electrons. The summed E-state index contributed by atoms with van der Waals surface area (Å²) in [5, 5.41) is 7.68. The minimum atomic E-state index is -3.85. The fraction of sp³-hybridized carbons (Fsp3) is 0.211. The van der Waals surface area contributed by atoms with E-state index in [1.807, 2.05) is 0 Å². The lowest BCUT2D eigenvalue weighted by atomic mass is 10.0. The molecule has 2 aromatic rings. The minimum absolute atomic E-state index is 0.0914. The topological polar surface area (TPSA) is 127 Å². The highest BCUT2D eigenvalue weighted by Crippen LogP contribution is 2.28. The zero-order valence-corrected chi connectivity index (χ0v) is 16.1. The van der Waals surface area contributed by atoms with Gasteiger partial charge in [0.15, 0.2) is 0 Å². The van der Waals surface area contributed by atoms with E-state index in [-0.39, 0.29) is 21.9 Å². The average Bonchev–Trinajstić information content (AvgIpc) is 2.87. The summed E-state index contributed by atoms with van der Waals surface area (Å²) in [6.07, 6.45) is 0. The van der Waals surface area contributed by atoms with Gasteiger partial charge in [0.2, 0.25) is 15.9 Å². The van der Waals surface area contributed by atoms with Crippen molar-refractivity contribution >= 4 is 33.4 Å². The van der Waals surface area contributed by atoms with Gasteiger partial charge in [-0.05, 0) is 42.3 Å². The molecule has 9 heteroatoms. The number of carbonyl (C=O) groups excluding carboxylic acids is 3. The molecule has 0 radical (unpaired) electrons. The summed E-state index contributed by atoms with van der Waals surface area (Å²) in [5.74, 6) is -1.92. The molecule has 1 aliphatic rings. The zero-order chi connectivity index (χ0) is 20.6. The van der Waals surface area contributed by atoms with E-state index >= 15 is 0 Å². The molecule has 2 aromatic carbocycles. The number of sulfonamides is 1. The van der Waals surface area contributed by atoms with Gasteiger partial charge in [-0.2, -0.15) is 0 Å². The summed E-state index contributed by atoms with van der Waals surface area (Å²) in [5.41, 5.74) is 0.853. The molecule has 1 aliphatic heterocycles. The van der Waals surface area contributed by atoms with Crippen molar-refractivity contribution in [1.82, 2.24) is 4.90 Å². The second-order valence-electron chi connectivity index (χ2n) is 6.77. The molecule has 3 rings (SSSR count). The molecule has 1 heterocycles. The van der Waals surface area contributed by atoms with Crippen LogP contribution in [0.25, 0.3) is 0 Å². The van der Waals surface area contributed by atoms with Crippen LogP contribution in [0.3, 0.4) is 0 Å². The Morgan fingerprint density at radius 2 is 1.46 bits per heavy atom. The third kappa shape index (κ3) is 3.54. The van der Waals surface area contributed by atoms with E-state index in [0.29, 0.717) is 5.69 Å². The highest BCUT2D eigenvalue weighted by atomic mass is 32.2. The Kier molecular flexibility index (Phi) is 5.05. The van der Waals surface area contributed by atoms with Gasteiger partial charge >= 0.3 is 0 Å². The van der Waals surface area contributed by atoms with Crippen molar-refractivity contribution in [1.29, 1.82) is 0 Å². The molecule has 0 aromatic heterocycles. The first-order valence-corrected chi connectivity index (χ1v) is 10.1. The highest BCUT2D eigenvalue weighted by Gasteiger charge is 2.43. The van der Waals surface area contributed by atoms with Gasteiger partial charge in [-0.15, -0.1) is 0 Å². The van der Waals surface area contributed by atoms with E-state index in [1.165, 1.54) is 24.3 Å². The molecule has 1 atom stereocenters. The summed E-state index contributed by atoms with van der Waals surface area (Å²) < 4.78 is 22.7. The maximum absolute atomic E-state index is 12.9. The normalized spacial score (nSPS) is 14.9. The zero-order valence-electron chi connectivity index (χ0n) is 15.2. The van der Waals surface area contributed by atoms with Crippen molar-refractivity contribution in [3.63, 3.8) is 0 Å². The van der Waals surface area contributed by atoms with E-state index in [1.54, 1.807) is 38.1 Å². The molecule has 0 bridgehead atoms. The number of amides is 3. The number of fused-ring (bicyclic) bond motifs is 1. The smallest absolute Gasteiger partial charge is 0.262 e. The van der Waals surface area contributed by atoms with Gasteiger partial charge in [-0.1, -0.05) is 26.0 Å². The van der Waals surface area contributed by atoms with Crippen molar-refractivity contribution in [2.45, 2.75) is 24.8 Å². The Labute approximate surface area is 162 Å². The van der Waals surface area contributed by atoms with E-state index in [4.69, 9.17) is 5.14 Å². The largest absolute Gasteiger partial charge is 0.324 e. The van der Waals surface area contributed by atoms with Crippen LogP contribution in [0.5, 0.6) is 0 Å². The van der Waals surface area contributed by atoms with Crippen LogP contribution in [-0.4, -0.2) is 37.1 Å². The van der Waals surface area contributed by atoms with Gasteiger partial charge in [0, 0.05) is 5.69 Å². The predicted molar refractivity (Wildman–Crippen MR) is 102 cm³/mol. The molecular weight excluding hydrogens is 382 g/mol. The van der Waals surface area contributed by atoms with Gasteiger partial charge in [0.1, 0.15) is 6.04 Å². The first kappa shape index (κ1) is 19.7. The Bertz CT molecular complexity index is 1030. The first-order valence-electron chi connectivity index (χ1n) is 8.52. The van der Waals surface area contributed by atoms with Crippen molar-refractivity contribution in [3.05, 3.63) is 59.7 Å². The number of imide groups is 1. The van der Waals surface area contributed by atoms with Crippen molar-refractivity contribution in [2.24, 2.45) is 11.1 Å². The first-order chi connectivity index (χ1) is 13.1. The molecule has 0 fully saturated rings. The molecular formula is C19H19N3O5S. The van der Waals surface area contributed by atoms with Crippen molar-refractivity contribution in [2.75, 3.05) is 5.32 Å². The number of rotatable bonds is 5. The number of hydrogen-bond acceptors (Lipinski definition) is 5. The summed E-state index contributed by atoms with van der Waals surface area (Å²) >= 11 is 0. The highest BCUT2D eigenvalue weighted by molar-refractivity contribution is 7.89. The molecule has 0 saturated carbocycles. The Morgan fingerprint density at radius 1 is 0.964 bits per heavy atom. The Morgan fingerprint density at radius 3 is 1.89 bits per heavy atom. The van der Waals surface area contributed by atoms with Crippen LogP contribution in [0.1, 0.15) is 34.6 Å². The number of nitrogens with two attached hydrogens (primary N) is 1. The fourth-order valence-electron chi connectivity index (χ4n) is 3.12. The summed E-state index contributed by atoms with van der Waals surface area (Å²) in [6.45, 7) is 3.47. The number of benzene rings is 2. The standard InChI is InChI=1S/C19H19N3O5S/c1-11(2)16(22-18(24)14-5-3-4-6-15(14)19(22)25)17(23)21-12-7-9-13(10-8-12)28(20,26)27/h3-11,16H,1-2H3,(H,21,23)(H2,20,26,27)/t16-/m0/s1. The van der Waals surface area contributed by atoms with E-state index in [9.17, 15) is 22.8 Å². The number of primary sulfonamides is 1. The van der Waals surface area contributed by atoms with E-state index in [0.717, 1.165) is 4.90 Å². The van der Waals surface area contributed by atoms with Crippen LogP contribution in [0.15, 0.2) is 53.4 Å². The van der Waals surface area contributed by atoms with Gasteiger partial charge in [0.25, 0.3) is 11.8 Å². The second-order valence-corrected chi connectivity index (χ2v) is 8.33. The fourth-order valence-corrected chi connectivity index (χ4v) is 3.64. The molecule has 0 unspecified atom stereocenters. The quantitative estimate of drug-likeness (QED) is 0.736. The SMILES string of the molecule is CC(C)[C@@H](C(=O)Nc1ccc(S(N)(=O)=O)cc1)N1C(=O)c2ccccc2C1=O. The summed E-state index contributed by atoms with van der Waals surface area (Å²) in [4.78, 5) is 39.2. The van der Waals surface area contributed by atoms with Gasteiger partial charge < -0.3 is 5.32 Å². The van der Waals surface area contributed by atoms with E-state index < -0.39 is 33.8 Å². The molecule has 8 nitrogen and oxygen atoms in total. The molecule has 0 spiro atoms. The third-order valence-electron chi connectivity index (χ3n) is 4.45. The number of hydrogen-bond donors (Lipinski definition) is 2. The van der Waals surface area contributed by atoms with Crippen LogP contribution in [0.2, 0.25) is 0 Å². The number of anilines is 1. The van der Waals surface area contributed by atoms with Crippen LogP contribution in [-0.2, 0) is 14.8 Å². The lowest BCUT2D eigenvalue weighted by Gasteiger charge is -2.28. The maximum Gasteiger partial charge on any atom is 0.262 e. The average molecular weight is 401 g/mol. The van der Waals surface area contributed by atoms with Gasteiger partial charge in [0.05, 0.1) is 16.0 Å². The molecule has 0 aliphatic carbocycles. The Balaban J connectivity index is 1.86. The Hall–Kier alpha value is -3.04. The molecule has 28 heavy (non-hydrogen) atoms. The maximum atomic E-state index is 12.9. The van der Waals surface area contributed by atoms with Crippen LogP contribution in [0.4, 0.5) is 5.69 Å². The lowest BCUT2D eigenvalue weighted by Crippen LogP contribution is -2.50. The lowest BCUT2D eigenvalue weighted by molar-refractivity contribution is -0.121. The van der Waals surface area contributed by atoms with Crippen molar-refractivity contribution < 1.29 is 22.8 Å². The summed E-state index contributed by atoms with van der Waals surface area (Å²) in [6, 6.07) is 10.7. The molecule has 0 saturated heterocycles. The third-order valence-corrected chi connectivity index (χ3v) is 5.38. The molecule has 3 amide bonds. The van der Waals surface area contributed by atoms with Crippen molar-refractivity contribution in [3.8, 4) is 0 Å². The molecule has 3 N–H and O–H groups in total. The van der Waals surface area contributed by atoms with Gasteiger partial charge in [-0.3, -0.25) is 19.3 Å². The van der Waals surface area contributed by atoms with Crippen LogP contribution in [0, 0.1) is 5.92 Å². The summed E-state index contributed by atoms with van der Waals surface area (Å²) in [7, 11) is -3.85. The number of carbonyl (C=O) groups is 3. The predicted octanol–water partition coefficient (Wildman–Crippen LogP) is 1.59. The van der Waals surface area contributed by atoms with Crippen LogP contribution >= 0.6 is 0 Å². The number of nitrogens with one attached hydrogen (secondary N) is 1.